The minimum atomic E-state index is 0.286. The third kappa shape index (κ3) is 8.77. The van der Waals surface area contributed by atoms with Gasteiger partial charge in [0.05, 0.1) is 71.7 Å². The summed E-state index contributed by atoms with van der Waals surface area (Å²) in [5.41, 5.74) is 13.2. The molecule has 1 atom stereocenters. The Morgan fingerprint density at radius 3 is 1.46 bits per heavy atom. The van der Waals surface area contributed by atoms with Crippen molar-refractivity contribution < 1.29 is 0 Å². The lowest BCUT2D eigenvalue weighted by Gasteiger charge is -2.12. The van der Waals surface area contributed by atoms with Crippen LogP contribution < -0.4 is 0 Å². The zero-order chi connectivity index (χ0) is 37.1. The molecule has 0 N–H and O–H groups in total. The van der Waals surface area contributed by atoms with E-state index in [1.54, 1.807) is 0 Å². The Kier molecular flexibility index (Phi) is 11.2. The Bertz CT molecular complexity index is 2100. The summed E-state index contributed by atoms with van der Waals surface area (Å²) in [6.45, 7) is 24.4. The van der Waals surface area contributed by atoms with Gasteiger partial charge in [-0.15, -0.1) is 0 Å². The predicted molar refractivity (Wildman–Crippen MR) is 207 cm³/mol. The first-order chi connectivity index (χ1) is 24.8. The van der Waals surface area contributed by atoms with Crippen LogP contribution in [0.5, 0.6) is 0 Å². The lowest BCUT2D eigenvalue weighted by atomic mass is 9.99. The molecular formula is C42H56N10. The first-order valence-electron chi connectivity index (χ1n) is 18.9. The van der Waals surface area contributed by atoms with Crippen LogP contribution in [0.2, 0.25) is 0 Å². The molecule has 0 radical (unpaired) electrons. The summed E-state index contributed by atoms with van der Waals surface area (Å²) in [6, 6.07) is 21.4. The second kappa shape index (κ2) is 15.8. The summed E-state index contributed by atoms with van der Waals surface area (Å²) in [6.07, 6.45) is 1.88. The molecule has 0 bridgehead atoms. The molecule has 52 heavy (non-hydrogen) atoms. The number of pyridine rings is 2. The molecule has 0 saturated heterocycles. The van der Waals surface area contributed by atoms with E-state index in [0.29, 0.717) is 43.9 Å². The second-order valence-corrected chi connectivity index (χ2v) is 15.5. The standard InChI is InChI=1S/C42H56N10/c1-27(2)39-21-41(28(3)4)51(47-39)25-36-15-12-16-37(44-36)26-52-42(29(5)6)22-40(48-52)30(7)17-18-38-20-32(9)46-50(38)24-35-14-11-13-34(43-35)23-49-33(10)19-31(8)45-49/h11-16,19-22,27-30H,17-18,23-26H2,1-10H3. The number of aryl methyl sites for hydroxylation is 4. The minimum Gasteiger partial charge on any atom is -0.264 e. The van der Waals surface area contributed by atoms with Crippen LogP contribution in [-0.2, 0) is 32.6 Å². The highest BCUT2D eigenvalue weighted by Gasteiger charge is 2.19. The summed E-state index contributed by atoms with van der Waals surface area (Å²) in [4.78, 5) is 10.1. The predicted octanol–water partition coefficient (Wildman–Crippen LogP) is 8.49. The highest BCUT2D eigenvalue weighted by molar-refractivity contribution is 5.22. The monoisotopic (exact) mass is 700 g/mol. The summed E-state index contributed by atoms with van der Waals surface area (Å²) in [7, 11) is 0. The van der Waals surface area contributed by atoms with Crippen molar-refractivity contribution in [2.24, 2.45) is 0 Å². The van der Waals surface area contributed by atoms with Crippen LogP contribution in [-0.4, -0.2) is 49.1 Å². The lowest BCUT2D eigenvalue weighted by Crippen LogP contribution is -2.12. The molecule has 10 nitrogen and oxygen atoms in total. The summed E-state index contributed by atoms with van der Waals surface area (Å²) >= 11 is 0. The Labute approximate surface area is 309 Å². The molecule has 0 saturated carbocycles. The molecule has 10 heteroatoms. The third-order valence-corrected chi connectivity index (χ3v) is 9.84. The SMILES string of the molecule is Cc1cc(C)n(Cc2cccc(Cn3nc(C)cc3CCC(C)c3cc(C(C)C)n(Cc4cccc(Cn5nc(C(C)C)cc5C(C)C)n4)n3)n2)n1. The van der Waals surface area contributed by atoms with E-state index in [1.807, 2.05) is 11.6 Å². The van der Waals surface area contributed by atoms with Crippen molar-refractivity contribution >= 4 is 0 Å². The summed E-state index contributed by atoms with van der Waals surface area (Å²) in [5, 5.41) is 19.6. The fourth-order valence-electron chi connectivity index (χ4n) is 6.92. The molecule has 0 aliphatic rings. The number of aromatic nitrogens is 10. The molecule has 0 fully saturated rings. The smallest absolute Gasteiger partial charge is 0.0834 e. The molecule has 6 aromatic rings. The van der Waals surface area contributed by atoms with E-state index < -0.39 is 0 Å². The summed E-state index contributed by atoms with van der Waals surface area (Å²) in [5.74, 6) is 1.42. The molecule has 0 aliphatic carbocycles. The van der Waals surface area contributed by atoms with Crippen LogP contribution in [0.3, 0.4) is 0 Å². The number of rotatable bonds is 15. The van der Waals surface area contributed by atoms with E-state index in [0.717, 1.165) is 64.1 Å². The van der Waals surface area contributed by atoms with Crippen molar-refractivity contribution in [1.29, 1.82) is 0 Å². The Morgan fingerprint density at radius 1 is 0.500 bits per heavy atom. The highest BCUT2D eigenvalue weighted by atomic mass is 15.3. The van der Waals surface area contributed by atoms with Crippen LogP contribution in [0.15, 0.2) is 60.7 Å². The molecule has 6 rings (SSSR count). The van der Waals surface area contributed by atoms with E-state index in [-0.39, 0.29) is 5.92 Å². The van der Waals surface area contributed by atoms with Gasteiger partial charge in [-0.2, -0.15) is 20.4 Å². The van der Waals surface area contributed by atoms with Gasteiger partial charge < -0.3 is 0 Å². The number of hydrogen-bond donors (Lipinski definition) is 0. The van der Waals surface area contributed by atoms with E-state index in [2.05, 4.69) is 142 Å². The van der Waals surface area contributed by atoms with Gasteiger partial charge in [-0.25, -0.2) is 0 Å². The van der Waals surface area contributed by atoms with Gasteiger partial charge in [0.25, 0.3) is 0 Å². The van der Waals surface area contributed by atoms with Crippen molar-refractivity contribution in [2.45, 2.75) is 132 Å². The van der Waals surface area contributed by atoms with Crippen molar-refractivity contribution in [3.05, 3.63) is 129 Å². The fraction of sp³-hybridized carbons (Fsp3) is 0.476. The maximum absolute atomic E-state index is 5.18. The molecule has 6 heterocycles. The summed E-state index contributed by atoms with van der Waals surface area (Å²) < 4.78 is 8.42. The first kappa shape index (κ1) is 36.9. The topological polar surface area (TPSA) is 97.1 Å². The average molecular weight is 701 g/mol. The molecule has 274 valence electrons. The Balaban J connectivity index is 1.13. The highest BCUT2D eigenvalue weighted by Crippen LogP contribution is 2.26. The van der Waals surface area contributed by atoms with Crippen molar-refractivity contribution in [1.82, 2.24) is 49.1 Å². The van der Waals surface area contributed by atoms with E-state index in [4.69, 9.17) is 25.3 Å². The minimum absolute atomic E-state index is 0.286. The van der Waals surface area contributed by atoms with Crippen molar-refractivity contribution in [3.8, 4) is 0 Å². The van der Waals surface area contributed by atoms with E-state index >= 15 is 0 Å². The van der Waals surface area contributed by atoms with Crippen molar-refractivity contribution in [3.63, 3.8) is 0 Å². The molecule has 1 unspecified atom stereocenters. The fourth-order valence-corrected chi connectivity index (χ4v) is 6.92. The Morgan fingerprint density at radius 2 is 0.962 bits per heavy atom. The van der Waals surface area contributed by atoms with Crippen LogP contribution in [0.1, 0.15) is 147 Å². The zero-order valence-corrected chi connectivity index (χ0v) is 32.8. The maximum atomic E-state index is 5.18. The van der Waals surface area contributed by atoms with E-state index in [1.165, 1.54) is 17.1 Å². The van der Waals surface area contributed by atoms with Crippen LogP contribution in [0.25, 0.3) is 0 Å². The van der Waals surface area contributed by atoms with Gasteiger partial charge in [-0.05, 0) is 99.9 Å². The van der Waals surface area contributed by atoms with Gasteiger partial charge in [0.1, 0.15) is 0 Å². The largest absolute Gasteiger partial charge is 0.264 e. The molecule has 0 aromatic carbocycles. The molecule has 0 aliphatic heterocycles. The van der Waals surface area contributed by atoms with Crippen molar-refractivity contribution in [2.75, 3.05) is 0 Å². The van der Waals surface area contributed by atoms with Gasteiger partial charge in [0, 0.05) is 28.7 Å². The number of nitrogens with zero attached hydrogens (tertiary/aromatic N) is 10. The number of hydrogen-bond acceptors (Lipinski definition) is 6. The van der Waals surface area contributed by atoms with Gasteiger partial charge in [0.15, 0.2) is 0 Å². The van der Waals surface area contributed by atoms with E-state index in [9.17, 15) is 0 Å². The molecule has 0 amide bonds. The molecule has 6 aromatic heterocycles. The Hall–Kier alpha value is -4.86. The molecular weight excluding hydrogens is 645 g/mol. The van der Waals surface area contributed by atoms with Crippen LogP contribution in [0.4, 0.5) is 0 Å². The maximum Gasteiger partial charge on any atom is 0.0834 e. The first-order valence-corrected chi connectivity index (χ1v) is 18.9. The van der Waals surface area contributed by atoms with Gasteiger partial charge in [-0.3, -0.25) is 28.7 Å². The van der Waals surface area contributed by atoms with Gasteiger partial charge in [-0.1, -0.05) is 60.6 Å². The normalized spacial score (nSPS) is 12.6. The van der Waals surface area contributed by atoms with Gasteiger partial charge in [0.2, 0.25) is 0 Å². The lowest BCUT2D eigenvalue weighted by molar-refractivity contribution is 0.563. The van der Waals surface area contributed by atoms with Crippen LogP contribution in [0, 0.1) is 20.8 Å². The zero-order valence-electron chi connectivity index (χ0n) is 32.8. The third-order valence-electron chi connectivity index (χ3n) is 9.84. The van der Waals surface area contributed by atoms with Gasteiger partial charge >= 0.3 is 0 Å². The average Bonchev–Trinajstić information content (AvgIpc) is 3.86. The molecule has 0 spiro atoms. The quantitative estimate of drug-likeness (QED) is 0.107. The van der Waals surface area contributed by atoms with Crippen LogP contribution >= 0.6 is 0 Å². The second-order valence-electron chi connectivity index (χ2n) is 15.5.